The lowest BCUT2D eigenvalue weighted by molar-refractivity contribution is -0.135. The number of ether oxygens (including phenoxy) is 2. The Morgan fingerprint density at radius 3 is 2.60 bits per heavy atom. The van der Waals surface area contributed by atoms with Crippen LogP contribution in [0.2, 0.25) is 0 Å². The van der Waals surface area contributed by atoms with Gasteiger partial charge in [-0.1, -0.05) is 38.1 Å². The first-order valence-electron chi connectivity index (χ1n) is 13.5. The number of carbonyl (C=O) groups is 2. The Hall–Kier alpha value is -4.33. The standard InChI is InChI=1S/C32H36N4O4/c1-20-30(23-10-6-7-11-25(23)34-20)31-24(32(31,2)3)16-29(38)36(18-21-9-8-14-33-17-21)19-28(37)35-26-13-12-22(39-4)15-27(26)40-5/h6-15,17,24,31,34H,16,18-19H2,1-5H3,(H,35,37)/t24-,31-/m0/s1. The van der Waals surface area contributed by atoms with Crippen LogP contribution in [0.1, 0.15) is 43.0 Å². The van der Waals surface area contributed by atoms with Crippen molar-refractivity contribution in [2.24, 2.45) is 11.3 Å². The van der Waals surface area contributed by atoms with Crippen molar-refractivity contribution in [2.75, 3.05) is 26.1 Å². The third kappa shape index (κ3) is 5.39. The van der Waals surface area contributed by atoms with Crippen molar-refractivity contribution in [3.63, 3.8) is 0 Å². The molecule has 1 aliphatic carbocycles. The van der Waals surface area contributed by atoms with Gasteiger partial charge >= 0.3 is 0 Å². The second-order valence-corrected chi connectivity index (χ2v) is 11.0. The van der Waals surface area contributed by atoms with Crippen LogP contribution < -0.4 is 14.8 Å². The fourth-order valence-electron chi connectivity index (χ4n) is 5.92. The molecular formula is C32H36N4O4. The maximum absolute atomic E-state index is 13.8. The number of aryl methyl sites for hydroxylation is 1. The zero-order valence-electron chi connectivity index (χ0n) is 23.7. The van der Waals surface area contributed by atoms with E-state index in [0.717, 1.165) is 16.8 Å². The number of hydrogen-bond donors (Lipinski definition) is 2. The average Bonchev–Trinajstić information content (AvgIpc) is 3.29. The number of aromatic amines is 1. The molecule has 2 amide bonds. The molecule has 40 heavy (non-hydrogen) atoms. The maximum atomic E-state index is 13.8. The number of rotatable bonds is 10. The minimum atomic E-state index is -0.306. The number of nitrogens with one attached hydrogen (secondary N) is 2. The lowest BCUT2D eigenvalue weighted by atomic mass is 10.0. The van der Waals surface area contributed by atoms with Crippen LogP contribution in [0.5, 0.6) is 11.5 Å². The van der Waals surface area contributed by atoms with Crippen LogP contribution in [0.3, 0.4) is 0 Å². The SMILES string of the molecule is COc1ccc(NC(=O)CN(Cc2cccnc2)C(=O)C[C@H]2[C@@H](c3c(C)[nH]c4ccccc34)C2(C)C)c(OC)c1. The van der Waals surface area contributed by atoms with Gasteiger partial charge in [-0.3, -0.25) is 14.6 Å². The molecule has 2 N–H and O–H groups in total. The normalized spacial score (nSPS) is 17.3. The second kappa shape index (κ2) is 11.0. The fourth-order valence-corrected chi connectivity index (χ4v) is 5.92. The zero-order chi connectivity index (χ0) is 28.4. The number of aromatic nitrogens is 2. The number of nitrogens with zero attached hydrogens (tertiary/aromatic N) is 2. The number of methoxy groups -OCH3 is 2. The Bertz CT molecular complexity index is 1530. The summed E-state index contributed by atoms with van der Waals surface area (Å²) in [5.41, 5.74) is 4.90. The topological polar surface area (TPSA) is 96.5 Å². The van der Waals surface area contributed by atoms with Crippen molar-refractivity contribution in [1.29, 1.82) is 0 Å². The van der Waals surface area contributed by atoms with E-state index in [9.17, 15) is 9.59 Å². The number of fused-ring (bicyclic) bond motifs is 1. The van der Waals surface area contributed by atoms with Gasteiger partial charge in [-0.25, -0.2) is 0 Å². The molecular weight excluding hydrogens is 504 g/mol. The third-order valence-corrected chi connectivity index (χ3v) is 8.17. The van der Waals surface area contributed by atoms with E-state index in [2.05, 4.69) is 54.3 Å². The van der Waals surface area contributed by atoms with E-state index >= 15 is 0 Å². The van der Waals surface area contributed by atoms with Gasteiger partial charge in [0.15, 0.2) is 0 Å². The number of amides is 2. The maximum Gasteiger partial charge on any atom is 0.244 e. The molecule has 5 rings (SSSR count). The highest BCUT2D eigenvalue weighted by atomic mass is 16.5. The van der Waals surface area contributed by atoms with Crippen molar-refractivity contribution in [3.8, 4) is 11.5 Å². The summed E-state index contributed by atoms with van der Waals surface area (Å²) in [5, 5.41) is 4.11. The van der Waals surface area contributed by atoms with Crippen LogP contribution in [0.15, 0.2) is 67.0 Å². The number of benzene rings is 2. The minimum absolute atomic E-state index is 0.0376. The Morgan fingerprint density at radius 1 is 1.07 bits per heavy atom. The molecule has 4 aromatic rings. The Morgan fingerprint density at radius 2 is 1.88 bits per heavy atom. The summed E-state index contributed by atoms with van der Waals surface area (Å²) >= 11 is 0. The first-order chi connectivity index (χ1) is 19.2. The summed E-state index contributed by atoms with van der Waals surface area (Å²) in [5.74, 6) is 1.16. The fraction of sp³-hybridized carbons (Fsp3) is 0.344. The molecule has 2 atom stereocenters. The minimum Gasteiger partial charge on any atom is -0.497 e. The van der Waals surface area contributed by atoms with Crippen molar-refractivity contribution in [2.45, 2.75) is 39.7 Å². The molecule has 1 saturated carbocycles. The van der Waals surface area contributed by atoms with Crippen molar-refractivity contribution < 1.29 is 19.1 Å². The van der Waals surface area contributed by atoms with E-state index < -0.39 is 0 Å². The van der Waals surface area contributed by atoms with Gasteiger partial charge in [0.05, 0.1) is 19.9 Å². The molecule has 1 fully saturated rings. The van der Waals surface area contributed by atoms with E-state index in [1.807, 2.05) is 18.2 Å². The molecule has 2 heterocycles. The molecule has 208 valence electrons. The van der Waals surface area contributed by atoms with Crippen LogP contribution >= 0.6 is 0 Å². The Labute approximate surface area is 234 Å². The second-order valence-electron chi connectivity index (χ2n) is 11.0. The highest BCUT2D eigenvalue weighted by Crippen LogP contribution is 2.67. The van der Waals surface area contributed by atoms with E-state index in [0.29, 0.717) is 30.2 Å². The van der Waals surface area contributed by atoms with Crippen LogP contribution in [-0.2, 0) is 16.1 Å². The molecule has 2 aromatic carbocycles. The van der Waals surface area contributed by atoms with Crippen LogP contribution in [0, 0.1) is 18.3 Å². The van der Waals surface area contributed by atoms with Gasteiger partial charge in [-0.2, -0.15) is 0 Å². The van der Waals surface area contributed by atoms with E-state index in [4.69, 9.17) is 9.47 Å². The molecule has 8 nitrogen and oxygen atoms in total. The van der Waals surface area contributed by atoms with Crippen LogP contribution in [0.25, 0.3) is 10.9 Å². The first-order valence-corrected chi connectivity index (χ1v) is 13.5. The van der Waals surface area contributed by atoms with Crippen molar-refractivity contribution >= 4 is 28.4 Å². The average molecular weight is 541 g/mol. The van der Waals surface area contributed by atoms with Gasteiger partial charge in [-0.05, 0) is 59.6 Å². The number of anilines is 1. The van der Waals surface area contributed by atoms with Gasteiger partial charge < -0.3 is 24.7 Å². The third-order valence-electron chi connectivity index (χ3n) is 8.17. The summed E-state index contributed by atoms with van der Waals surface area (Å²) in [7, 11) is 3.10. The molecule has 2 aromatic heterocycles. The molecule has 8 heteroatoms. The zero-order valence-corrected chi connectivity index (χ0v) is 23.7. The number of H-pyrrole nitrogens is 1. The highest BCUT2D eigenvalue weighted by Gasteiger charge is 2.59. The Balaban J connectivity index is 1.34. The molecule has 0 unspecified atom stereocenters. The predicted molar refractivity (Wildman–Crippen MR) is 155 cm³/mol. The van der Waals surface area contributed by atoms with Crippen molar-refractivity contribution in [3.05, 3.63) is 83.8 Å². The van der Waals surface area contributed by atoms with Gasteiger partial charge in [0.2, 0.25) is 11.8 Å². The van der Waals surface area contributed by atoms with E-state index in [-0.39, 0.29) is 35.6 Å². The Kier molecular flexibility index (Phi) is 7.52. The largest absolute Gasteiger partial charge is 0.497 e. The smallest absolute Gasteiger partial charge is 0.244 e. The summed E-state index contributed by atoms with van der Waals surface area (Å²) in [4.78, 5) is 36.3. The first kappa shape index (κ1) is 27.2. The molecule has 0 spiro atoms. The molecule has 0 bridgehead atoms. The molecule has 0 radical (unpaired) electrons. The quantitative estimate of drug-likeness (QED) is 0.270. The lowest BCUT2D eigenvalue weighted by Crippen LogP contribution is -2.38. The number of pyridine rings is 1. The summed E-state index contributed by atoms with van der Waals surface area (Å²) < 4.78 is 10.7. The predicted octanol–water partition coefficient (Wildman–Crippen LogP) is 5.69. The van der Waals surface area contributed by atoms with Gasteiger partial charge in [0, 0.05) is 48.0 Å². The van der Waals surface area contributed by atoms with Gasteiger partial charge in [0.25, 0.3) is 0 Å². The van der Waals surface area contributed by atoms with Crippen molar-refractivity contribution in [1.82, 2.24) is 14.9 Å². The van der Waals surface area contributed by atoms with Crippen LogP contribution in [-0.4, -0.2) is 47.4 Å². The van der Waals surface area contributed by atoms with Crippen LogP contribution in [0.4, 0.5) is 5.69 Å². The van der Waals surface area contributed by atoms with Gasteiger partial charge in [-0.15, -0.1) is 0 Å². The molecule has 1 aliphatic rings. The lowest BCUT2D eigenvalue weighted by Gasteiger charge is -2.23. The van der Waals surface area contributed by atoms with Gasteiger partial charge in [0.1, 0.15) is 18.0 Å². The summed E-state index contributed by atoms with van der Waals surface area (Å²) in [6.45, 7) is 6.77. The monoisotopic (exact) mass is 540 g/mol. The number of carbonyl (C=O) groups excluding carboxylic acids is 2. The summed E-state index contributed by atoms with van der Waals surface area (Å²) in [6, 6.07) is 17.3. The summed E-state index contributed by atoms with van der Waals surface area (Å²) in [6.07, 6.45) is 3.78. The number of para-hydroxylation sites is 1. The number of hydrogen-bond acceptors (Lipinski definition) is 5. The molecule has 0 aliphatic heterocycles. The van der Waals surface area contributed by atoms with E-state index in [1.54, 1.807) is 42.6 Å². The highest BCUT2D eigenvalue weighted by molar-refractivity contribution is 5.96. The molecule has 0 saturated heterocycles. The van der Waals surface area contributed by atoms with E-state index in [1.165, 1.54) is 18.1 Å².